The van der Waals surface area contributed by atoms with Crippen molar-refractivity contribution in [1.29, 1.82) is 0 Å². The molecule has 1 rings (SSSR count). The average Bonchev–Trinajstić information content (AvgIpc) is 2.53. The van der Waals surface area contributed by atoms with Crippen LogP contribution < -0.4 is 5.32 Å². The molecule has 0 radical (unpaired) electrons. The molecule has 0 atom stereocenters. The summed E-state index contributed by atoms with van der Waals surface area (Å²) in [6.45, 7) is 2.22. The van der Waals surface area contributed by atoms with E-state index in [2.05, 4.69) is 21.8 Å². The molecule has 0 unspecified atom stereocenters. The standard InChI is InChI=1S/C8H13F2N3S/c1-2-3-6-7(14-13-12-6)4-11-5-8(9)10/h8,11H,2-5H2,1H3. The number of nitrogens with zero attached hydrogens (tertiary/aromatic N) is 2. The zero-order chi connectivity index (χ0) is 10.4. The van der Waals surface area contributed by atoms with Crippen molar-refractivity contribution in [3.63, 3.8) is 0 Å². The van der Waals surface area contributed by atoms with Crippen molar-refractivity contribution in [2.75, 3.05) is 6.54 Å². The van der Waals surface area contributed by atoms with Gasteiger partial charge in [-0.2, -0.15) is 0 Å². The average molecular weight is 221 g/mol. The fraction of sp³-hybridized carbons (Fsp3) is 0.750. The second-order valence-electron chi connectivity index (χ2n) is 2.91. The van der Waals surface area contributed by atoms with Gasteiger partial charge in [0.05, 0.1) is 17.1 Å². The first kappa shape index (κ1) is 11.5. The van der Waals surface area contributed by atoms with Crippen LogP contribution >= 0.6 is 11.5 Å². The Bertz CT molecular complexity index is 265. The van der Waals surface area contributed by atoms with E-state index in [9.17, 15) is 8.78 Å². The molecular weight excluding hydrogens is 208 g/mol. The summed E-state index contributed by atoms with van der Waals surface area (Å²) in [5.41, 5.74) is 0.930. The molecule has 0 aliphatic rings. The second kappa shape index (κ2) is 5.98. The van der Waals surface area contributed by atoms with E-state index in [1.54, 1.807) is 0 Å². The minimum Gasteiger partial charge on any atom is -0.306 e. The number of hydrogen-bond acceptors (Lipinski definition) is 4. The van der Waals surface area contributed by atoms with Crippen LogP contribution in [0.5, 0.6) is 0 Å². The lowest BCUT2D eigenvalue weighted by molar-refractivity contribution is 0.145. The molecule has 0 spiro atoms. The highest BCUT2D eigenvalue weighted by Crippen LogP contribution is 2.11. The van der Waals surface area contributed by atoms with Crippen LogP contribution in [0.1, 0.15) is 23.9 Å². The minimum atomic E-state index is -2.30. The van der Waals surface area contributed by atoms with Gasteiger partial charge in [-0.1, -0.05) is 17.8 Å². The number of aryl methyl sites for hydroxylation is 1. The molecule has 0 saturated heterocycles. The summed E-state index contributed by atoms with van der Waals surface area (Å²) in [5, 5.41) is 6.61. The lowest BCUT2D eigenvalue weighted by atomic mass is 10.2. The third-order valence-electron chi connectivity index (χ3n) is 1.71. The first-order chi connectivity index (χ1) is 6.74. The Kier molecular flexibility index (Phi) is 4.89. The predicted octanol–water partition coefficient (Wildman–Crippen LogP) is 1.85. The number of rotatable bonds is 6. The highest BCUT2D eigenvalue weighted by Gasteiger charge is 2.07. The van der Waals surface area contributed by atoms with Gasteiger partial charge in [-0.25, -0.2) is 8.78 Å². The maximum Gasteiger partial charge on any atom is 0.250 e. The molecule has 80 valence electrons. The van der Waals surface area contributed by atoms with E-state index in [0.717, 1.165) is 23.4 Å². The van der Waals surface area contributed by atoms with E-state index in [4.69, 9.17) is 0 Å². The van der Waals surface area contributed by atoms with Crippen molar-refractivity contribution >= 4 is 11.5 Å². The van der Waals surface area contributed by atoms with Gasteiger partial charge < -0.3 is 5.32 Å². The second-order valence-corrected chi connectivity index (χ2v) is 3.75. The Morgan fingerprint density at radius 3 is 2.93 bits per heavy atom. The Balaban J connectivity index is 2.37. The maximum absolute atomic E-state index is 11.8. The van der Waals surface area contributed by atoms with Gasteiger partial charge >= 0.3 is 0 Å². The number of aromatic nitrogens is 2. The minimum absolute atomic E-state index is 0.274. The van der Waals surface area contributed by atoms with Crippen molar-refractivity contribution < 1.29 is 8.78 Å². The summed E-state index contributed by atoms with van der Waals surface area (Å²) in [7, 11) is 0. The normalized spacial score (nSPS) is 11.1. The summed E-state index contributed by atoms with van der Waals surface area (Å²) < 4.78 is 27.4. The molecule has 0 aliphatic carbocycles. The Labute approximate surface area is 85.7 Å². The predicted molar refractivity (Wildman–Crippen MR) is 51.6 cm³/mol. The zero-order valence-electron chi connectivity index (χ0n) is 7.96. The Morgan fingerprint density at radius 2 is 2.29 bits per heavy atom. The highest BCUT2D eigenvalue weighted by molar-refractivity contribution is 7.05. The molecule has 1 aromatic rings. The molecule has 0 aromatic carbocycles. The van der Waals surface area contributed by atoms with E-state index in [1.165, 1.54) is 11.5 Å². The Hall–Kier alpha value is -0.620. The highest BCUT2D eigenvalue weighted by atomic mass is 32.1. The van der Waals surface area contributed by atoms with Gasteiger partial charge in [-0.05, 0) is 18.0 Å². The molecule has 0 bridgehead atoms. The summed E-state index contributed by atoms with van der Waals surface area (Å²) in [6, 6.07) is 0. The van der Waals surface area contributed by atoms with Crippen LogP contribution in [-0.2, 0) is 13.0 Å². The van der Waals surface area contributed by atoms with E-state index in [-0.39, 0.29) is 6.54 Å². The van der Waals surface area contributed by atoms with Gasteiger partial charge in [0.15, 0.2) is 0 Å². The molecule has 0 saturated carbocycles. The lowest BCUT2D eigenvalue weighted by Gasteiger charge is -2.02. The summed E-state index contributed by atoms with van der Waals surface area (Å²) in [5.74, 6) is 0. The first-order valence-electron chi connectivity index (χ1n) is 4.53. The van der Waals surface area contributed by atoms with Crippen molar-refractivity contribution in [2.24, 2.45) is 0 Å². The topological polar surface area (TPSA) is 37.8 Å². The van der Waals surface area contributed by atoms with Crippen LogP contribution in [0.2, 0.25) is 0 Å². The molecule has 3 nitrogen and oxygen atoms in total. The van der Waals surface area contributed by atoms with E-state index in [0.29, 0.717) is 6.54 Å². The monoisotopic (exact) mass is 221 g/mol. The molecular formula is C8H13F2N3S. The third-order valence-corrected chi connectivity index (χ3v) is 2.47. The van der Waals surface area contributed by atoms with E-state index >= 15 is 0 Å². The smallest absolute Gasteiger partial charge is 0.250 e. The molecule has 14 heavy (non-hydrogen) atoms. The van der Waals surface area contributed by atoms with Gasteiger partial charge in [0.25, 0.3) is 6.43 Å². The molecule has 1 N–H and O–H groups in total. The van der Waals surface area contributed by atoms with Crippen molar-refractivity contribution in [1.82, 2.24) is 14.9 Å². The molecule has 1 aromatic heterocycles. The van der Waals surface area contributed by atoms with Crippen LogP contribution in [0.25, 0.3) is 0 Å². The first-order valence-corrected chi connectivity index (χ1v) is 5.30. The fourth-order valence-corrected chi connectivity index (χ4v) is 1.74. The van der Waals surface area contributed by atoms with E-state index < -0.39 is 6.43 Å². The summed E-state index contributed by atoms with van der Waals surface area (Å²) in [6.07, 6.45) is -0.444. The van der Waals surface area contributed by atoms with Gasteiger partial charge in [0, 0.05) is 6.54 Å². The van der Waals surface area contributed by atoms with Crippen LogP contribution in [0.15, 0.2) is 0 Å². The van der Waals surface area contributed by atoms with Crippen molar-refractivity contribution in [3.8, 4) is 0 Å². The number of hydrogen-bond donors (Lipinski definition) is 1. The lowest BCUT2D eigenvalue weighted by Crippen LogP contribution is -2.20. The van der Waals surface area contributed by atoms with Gasteiger partial charge in [-0.3, -0.25) is 0 Å². The fourth-order valence-electron chi connectivity index (χ4n) is 1.08. The van der Waals surface area contributed by atoms with Gasteiger partial charge in [0.1, 0.15) is 0 Å². The van der Waals surface area contributed by atoms with Gasteiger partial charge in [0.2, 0.25) is 0 Å². The maximum atomic E-state index is 11.8. The molecule has 0 fully saturated rings. The quantitative estimate of drug-likeness (QED) is 0.796. The zero-order valence-corrected chi connectivity index (χ0v) is 8.78. The summed E-state index contributed by atoms with van der Waals surface area (Å²) >= 11 is 1.27. The van der Waals surface area contributed by atoms with Crippen molar-refractivity contribution in [2.45, 2.75) is 32.7 Å². The number of alkyl halides is 2. The molecule has 6 heteroatoms. The molecule has 0 aliphatic heterocycles. The van der Waals surface area contributed by atoms with E-state index in [1.807, 2.05) is 0 Å². The molecule has 1 heterocycles. The third kappa shape index (κ3) is 3.63. The number of nitrogens with one attached hydrogen (secondary N) is 1. The largest absolute Gasteiger partial charge is 0.306 e. The van der Waals surface area contributed by atoms with Crippen LogP contribution in [0.4, 0.5) is 8.78 Å². The summed E-state index contributed by atoms with van der Waals surface area (Å²) in [4.78, 5) is 0.965. The SMILES string of the molecule is CCCc1nnsc1CNCC(F)F. The number of halogens is 2. The van der Waals surface area contributed by atoms with Crippen LogP contribution in [-0.4, -0.2) is 22.6 Å². The van der Waals surface area contributed by atoms with Crippen molar-refractivity contribution in [3.05, 3.63) is 10.6 Å². The molecule has 0 amide bonds. The van der Waals surface area contributed by atoms with Gasteiger partial charge in [-0.15, -0.1) is 5.10 Å². The Morgan fingerprint density at radius 1 is 1.50 bits per heavy atom. The van der Waals surface area contributed by atoms with Crippen LogP contribution in [0, 0.1) is 0 Å². The van der Waals surface area contributed by atoms with Crippen LogP contribution in [0.3, 0.4) is 0 Å².